The van der Waals surface area contributed by atoms with E-state index in [0.717, 1.165) is 13.1 Å². The van der Waals surface area contributed by atoms with Gasteiger partial charge in [-0.3, -0.25) is 0 Å². The molecule has 1 saturated heterocycles. The Bertz CT molecular complexity index is 206. The third-order valence-corrected chi connectivity index (χ3v) is 1.83. The maximum Gasteiger partial charge on any atom is 0.408 e. The summed E-state index contributed by atoms with van der Waals surface area (Å²) in [5.41, 5.74) is -0.542. The van der Waals surface area contributed by atoms with Gasteiger partial charge in [-0.25, -0.2) is 4.79 Å². The molecule has 0 unspecified atom stereocenters. The predicted molar refractivity (Wildman–Crippen MR) is 73.3 cm³/mol. The molecule has 1 aliphatic heterocycles. The van der Waals surface area contributed by atoms with Crippen LogP contribution in [-0.4, -0.2) is 30.3 Å². The number of hydrogen-bond acceptors (Lipinski definition) is 3. The van der Waals surface area contributed by atoms with Gasteiger partial charge in [0.15, 0.2) is 0 Å². The fraction of sp³-hybridized carbons (Fsp3) is 0.923. The second-order valence-electron chi connectivity index (χ2n) is 4.79. The molecule has 1 fully saturated rings. The van der Waals surface area contributed by atoms with E-state index in [2.05, 4.69) is 10.6 Å². The SMILES string of the molecule is CC.CC.CC1(NC(=O)OC(C)(C)C)CNC1. The first kappa shape index (κ1) is 18.6. The van der Waals surface area contributed by atoms with Crippen LogP contribution in [0.5, 0.6) is 0 Å². The van der Waals surface area contributed by atoms with Crippen LogP contribution >= 0.6 is 0 Å². The Balaban J connectivity index is 0. The van der Waals surface area contributed by atoms with Crippen LogP contribution in [0, 0.1) is 0 Å². The predicted octanol–water partition coefficient (Wildman–Crippen LogP) is 2.93. The third kappa shape index (κ3) is 8.98. The van der Waals surface area contributed by atoms with Crippen molar-refractivity contribution in [2.75, 3.05) is 13.1 Å². The number of nitrogens with one attached hydrogen (secondary N) is 2. The smallest absolute Gasteiger partial charge is 0.408 e. The van der Waals surface area contributed by atoms with Crippen molar-refractivity contribution < 1.29 is 9.53 Å². The van der Waals surface area contributed by atoms with Crippen LogP contribution in [0.4, 0.5) is 4.79 Å². The molecule has 1 heterocycles. The number of alkyl carbamates (subject to hydrolysis) is 1. The number of hydrogen-bond donors (Lipinski definition) is 2. The second kappa shape index (κ2) is 8.34. The number of carbonyl (C=O) groups excluding carboxylic acids is 1. The molecule has 1 amide bonds. The highest BCUT2D eigenvalue weighted by Gasteiger charge is 2.34. The lowest BCUT2D eigenvalue weighted by molar-refractivity contribution is 0.0428. The molecule has 1 rings (SSSR count). The number of rotatable bonds is 1. The highest BCUT2D eigenvalue weighted by Crippen LogP contribution is 2.12. The Morgan fingerprint density at radius 3 is 1.82 bits per heavy atom. The van der Waals surface area contributed by atoms with Crippen molar-refractivity contribution in [2.45, 2.75) is 66.5 Å². The number of ether oxygens (including phenoxy) is 1. The number of amides is 1. The van der Waals surface area contributed by atoms with Crippen molar-refractivity contribution in [3.63, 3.8) is 0 Å². The molecule has 0 aromatic heterocycles. The Kier molecular flexibility index (Phi) is 9.12. The molecule has 0 radical (unpaired) electrons. The largest absolute Gasteiger partial charge is 0.444 e. The molecule has 4 heteroatoms. The van der Waals surface area contributed by atoms with E-state index < -0.39 is 5.60 Å². The molecular weight excluding hydrogens is 216 g/mol. The third-order valence-electron chi connectivity index (χ3n) is 1.83. The molecule has 0 aromatic carbocycles. The van der Waals surface area contributed by atoms with Crippen LogP contribution in [0.15, 0.2) is 0 Å². The molecule has 0 aliphatic carbocycles. The summed E-state index contributed by atoms with van der Waals surface area (Å²) < 4.78 is 5.13. The van der Waals surface area contributed by atoms with Crippen LogP contribution < -0.4 is 10.6 Å². The van der Waals surface area contributed by atoms with E-state index >= 15 is 0 Å². The van der Waals surface area contributed by atoms with Crippen LogP contribution in [0.25, 0.3) is 0 Å². The average molecular weight is 246 g/mol. The van der Waals surface area contributed by atoms with E-state index in [9.17, 15) is 4.79 Å². The summed E-state index contributed by atoms with van der Waals surface area (Å²) in [5.74, 6) is 0. The van der Waals surface area contributed by atoms with Gasteiger partial charge in [0.1, 0.15) is 5.60 Å². The summed E-state index contributed by atoms with van der Waals surface area (Å²) in [5, 5.41) is 5.93. The highest BCUT2D eigenvalue weighted by atomic mass is 16.6. The van der Waals surface area contributed by atoms with Crippen molar-refractivity contribution >= 4 is 6.09 Å². The van der Waals surface area contributed by atoms with Gasteiger partial charge in [0.25, 0.3) is 0 Å². The minimum Gasteiger partial charge on any atom is -0.444 e. The minimum atomic E-state index is -0.419. The van der Waals surface area contributed by atoms with Gasteiger partial charge in [0.05, 0.1) is 5.54 Å². The van der Waals surface area contributed by atoms with Crippen LogP contribution in [-0.2, 0) is 4.74 Å². The van der Waals surface area contributed by atoms with E-state index in [1.807, 2.05) is 55.4 Å². The van der Waals surface area contributed by atoms with Crippen LogP contribution in [0.3, 0.4) is 0 Å². The normalized spacial score (nSPS) is 16.2. The summed E-state index contributed by atoms with van der Waals surface area (Å²) in [7, 11) is 0. The fourth-order valence-electron chi connectivity index (χ4n) is 1.14. The lowest BCUT2D eigenvalue weighted by atomic mass is 9.96. The lowest BCUT2D eigenvalue weighted by Gasteiger charge is -2.40. The van der Waals surface area contributed by atoms with E-state index in [4.69, 9.17) is 4.74 Å². The van der Waals surface area contributed by atoms with Gasteiger partial charge >= 0.3 is 6.09 Å². The lowest BCUT2D eigenvalue weighted by Crippen LogP contribution is -2.67. The molecule has 0 bridgehead atoms. The minimum absolute atomic E-state index is 0.123. The van der Waals surface area contributed by atoms with Gasteiger partial charge in [0, 0.05) is 13.1 Å². The second-order valence-corrected chi connectivity index (χ2v) is 4.79. The van der Waals surface area contributed by atoms with Gasteiger partial charge in [-0.2, -0.15) is 0 Å². The van der Waals surface area contributed by atoms with Crippen molar-refractivity contribution in [1.29, 1.82) is 0 Å². The molecule has 0 atom stereocenters. The van der Waals surface area contributed by atoms with Gasteiger partial charge in [0.2, 0.25) is 0 Å². The van der Waals surface area contributed by atoms with E-state index in [1.54, 1.807) is 0 Å². The zero-order chi connectivity index (χ0) is 14.1. The average Bonchev–Trinajstić information content (AvgIpc) is 2.18. The van der Waals surface area contributed by atoms with Crippen LogP contribution in [0.2, 0.25) is 0 Å². The van der Waals surface area contributed by atoms with Crippen LogP contribution in [0.1, 0.15) is 55.4 Å². The monoisotopic (exact) mass is 246 g/mol. The highest BCUT2D eigenvalue weighted by molar-refractivity contribution is 5.69. The number of carbonyl (C=O) groups is 1. The molecule has 104 valence electrons. The Labute approximate surface area is 106 Å². The van der Waals surface area contributed by atoms with Crippen molar-refractivity contribution in [1.82, 2.24) is 10.6 Å². The van der Waals surface area contributed by atoms with Crippen molar-refractivity contribution in [3.05, 3.63) is 0 Å². The Morgan fingerprint density at radius 1 is 1.18 bits per heavy atom. The molecular formula is C13H30N2O2. The summed E-state index contributed by atoms with van der Waals surface area (Å²) in [6.45, 7) is 17.2. The zero-order valence-corrected chi connectivity index (χ0v) is 12.7. The molecule has 0 spiro atoms. The molecule has 1 aliphatic rings. The first-order chi connectivity index (χ1) is 7.81. The quantitative estimate of drug-likeness (QED) is 0.748. The molecule has 17 heavy (non-hydrogen) atoms. The summed E-state index contributed by atoms with van der Waals surface area (Å²) >= 11 is 0. The molecule has 4 nitrogen and oxygen atoms in total. The molecule has 0 aromatic rings. The van der Waals surface area contributed by atoms with Gasteiger partial charge in [-0.1, -0.05) is 27.7 Å². The summed E-state index contributed by atoms with van der Waals surface area (Å²) in [6, 6.07) is 0. The van der Waals surface area contributed by atoms with E-state index in [1.165, 1.54) is 0 Å². The van der Waals surface area contributed by atoms with Gasteiger partial charge in [-0.15, -0.1) is 0 Å². The summed E-state index contributed by atoms with van der Waals surface area (Å²) in [6.07, 6.45) is -0.337. The molecule has 0 saturated carbocycles. The Morgan fingerprint density at radius 2 is 1.59 bits per heavy atom. The van der Waals surface area contributed by atoms with E-state index in [-0.39, 0.29) is 11.6 Å². The standard InChI is InChI=1S/C9H18N2O2.2C2H6/c1-8(2,3)13-7(12)11-9(4)5-10-6-9;2*1-2/h10H,5-6H2,1-4H3,(H,11,12);2*1-2H3. The first-order valence-electron chi connectivity index (χ1n) is 6.53. The maximum atomic E-state index is 11.3. The Hall–Kier alpha value is -0.770. The summed E-state index contributed by atoms with van der Waals surface area (Å²) in [4.78, 5) is 11.3. The molecule has 2 N–H and O–H groups in total. The topological polar surface area (TPSA) is 50.4 Å². The maximum absolute atomic E-state index is 11.3. The van der Waals surface area contributed by atoms with Gasteiger partial charge in [-0.05, 0) is 27.7 Å². The van der Waals surface area contributed by atoms with Gasteiger partial charge < -0.3 is 15.4 Å². The van der Waals surface area contributed by atoms with Crippen molar-refractivity contribution in [3.8, 4) is 0 Å². The fourth-order valence-corrected chi connectivity index (χ4v) is 1.14. The zero-order valence-electron chi connectivity index (χ0n) is 12.7. The van der Waals surface area contributed by atoms with Crippen molar-refractivity contribution in [2.24, 2.45) is 0 Å². The van der Waals surface area contributed by atoms with E-state index in [0.29, 0.717) is 0 Å². The first-order valence-corrected chi connectivity index (χ1v) is 6.53.